The zero-order valence-corrected chi connectivity index (χ0v) is 18.1. The van der Waals surface area contributed by atoms with Crippen LogP contribution < -0.4 is 16.2 Å². The first-order valence-corrected chi connectivity index (χ1v) is 11.1. The molecule has 31 heavy (non-hydrogen) atoms. The van der Waals surface area contributed by atoms with Gasteiger partial charge in [0.25, 0.3) is 5.56 Å². The summed E-state index contributed by atoms with van der Waals surface area (Å²) in [4.78, 5) is 20.4. The van der Waals surface area contributed by atoms with Crippen molar-refractivity contribution in [3.63, 3.8) is 0 Å². The fourth-order valence-corrected chi connectivity index (χ4v) is 4.91. The highest BCUT2D eigenvalue weighted by atomic mass is 32.1. The van der Waals surface area contributed by atoms with Crippen molar-refractivity contribution in [3.05, 3.63) is 46.5 Å². The number of fused-ring (bicyclic) bond motifs is 2. The minimum atomic E-state index is -0.187. The molecule has 1 unspecified atom stereocenters. The van der Waals surface area contributed by atoms with Crippen molar-refractivity contribution in [1.29, 1.82) is 0 Å². The second-order valence-electron chi connectivity index (χ2n) is 7.74. The number of piperidine rings is 1. The molecule has 0 bridgehead atoms. The van der Waals surface area contributed by atoms with Crippen LogP contribution in [0.2, 0.25) is 0 Å². The van der Waals surface area contributed by atoms with Gasteiger partial charge in [0.15, 0.2) is 0 Å². The number of hydrogen-bond donors (Lipinski definition) is 1. The van der Waals surface area contributed by atoms with Gasteiger partial charge < -0.3 is 10.6 Å². The number of anilines is 1. The third-order valence-corrected chi connectivity index (χ3v) is 6.50. The third-order valence-electron chi connectivity index (χ3n) is 5.64. The summed E-state index contributed by atoms with van der Waals surface area (Å²) in [6.45, 7) is 4.08. The Kier molecular flexibility index (Phi) is 5.18. The molecule has 0 amide bonds. The Morgan fingerprint density at radius 2 is 2.19 bits per heavy atom. The Labute approximate surface area is 183 Å². The van der Waals surface area contributed by atoms with Crippen molar-refractivity contribution >= 4 is 38.6 Å². The van der Waals surface area contributed by atoms with Gasteiger partial charge in [-0.2, -0.15) is 9.47 Å². The SMILES string of the molecule is CC#CCn1c(N2CCCC(N)C2)nc2cnn(Cc3nsc4ccccc34)c(=O)c21. The molecule has 5 rings (SSSR count). The smallest absolute Gasteiger partial charge is 0.293 e. The van der Waals surface area contributed by atoms with Crippen LogP contribution in [0.15, 0.2) is 35.3 Å². The van der Waals surface area contributed by atoms with Gasteiger partial charge in [-0.3, -0.25) is 9.36 Å². The normalized spacial score (nSPS) is 16.6. The average molecular weight is 434 g/mol. The maximum Gasteiger partial charge on any atom is 0.293 e. The highest BCUT2D eigenvalue weighted by Gasteiger charge is 2.24. The van der Waals surface area contributed by atoms with Crippen LogP contribution >= 0.6 is 11.5 Å². The Balaban J connectivity index is 1.61. The number of aromatic nitrogens is 5. The van der Waals surface area contributed by atoms with E-state index in [2.05, 4.69) is 26.2 Å². The molecule has 1 aromatic carbocycles. The van der Waals surface area contributed by atoms with Gasteiger partial charge in [0.2, 0.25) is 5.95 Å². The molecule has 4 heterocycles. The van der Waals surface area contributed by atoms with Crippen LogP contribution in [0, 0.1) is 11.8 Å². The number of nitrogens with zero attached hydrogens (tertiary/aromatic N) is 6. The van der Waals surface area contributed by atoms with E-state index in [1.54, 1.807) is 13.1 Å². The van der Waals surface area contributed by atoms with Crippen LogP contribution in [0.3, 0.4) is 0 Å². The molecule has 1 fully saturated rings. The van der Waals surface area contributed by atoms with Crippen LogP contribution in [0.25, 0.3) is 21.1 Å². The van der Waals surface area contributed by atoms with Crippen LogP contribution in [0.4, 0.5) is 5.95 Å². The highest BCUT2D eigenvalue weighted by Crippen LogP contribution is 2.24. The summed E-state index contributed by atoms with van der Waals surface area (Å²) in [6.07, 6.45) is 3.67. The number of nitrogens with two attached hydrogens (primary N) is 1. The Morgan fingerprint density at radius 3 is 3.03 bits per heavy atom. The maximum absolute atomic E-state index is 13.5. The van der Waals surface area contributed by atoms with E-state index in [0.29, 0.717) is 24.1 Å². The minimum absolute atomic E-state index is 0.104. The standard InChI is InChI=1S/C22H23N7OS/c1-2-3-11-28-20-17(25-22(28)27-10-6-7-15(23)13-27)12-24-29(21(20)30)14-18-16-8-4-5-9-19(16)31-26-18/h4-5,8-9,12,15H,6-7,10-11,13-14,23H2,1H3. The molecule has 158 valence electrons. The first-order chi connectivity index (χ1) is 15.2. The Morgan fingerprint density at radius 1 is 1.32 bits per heavy atom. The van der Waals surface area contributed by atoms with Gasteiger partial charge in [-0.25, -0.2) is 9.67 Å². The molecular weight excluding hydrogens is 410 g/mol. The monoisotopic (exact) mass is 433 g/mol. The molecule has 3 aromatic heterocycles. The molecule has 2 N–H and O–H groups in total. The molecule has 0 saturated carbocycles. The van der Waals surface area contributed by atoms with Gasteiger partial charge in [-0.15, -0.1) is 5.92 Å². The van der Waals surface area contributed by atoms with E-state index in [4.69, 9.17) is 10.7 Å². The molecule has 1 atom stereocenters. The van der Waals surface area contributed by atoms with E-state index < -0.39 is 0 Å². The van der Waals surface area contributed by atoms with Gasteiger partial charge in [0, 0.05) is 24.5 Å². The van der Waals surface area contributed by atoms with Gasteiger partial charge >= 0.3 is 0 Å². The lowest BCUT2D eigenvalue weighted by Crippen LogP contribution is -2.44. The summed E-state index contributed by atoms with van der Waals surface area (Å²) < 4.78 is 9.01. The zero-order chi connectivity index (χ0) is 21.4. The summed E-state index contributed by atoms with van der Waals surface area (Å²) in [5.41, 5.74) is 7.95. The van der Waals surface area contributed by atoms with Crippen molar-refractivity contribution in [1.82, 2.24) is 23.7 Å². The minimum Gasteiger partial charge on any atom is -0.341 e. The molecule has 0 spiro atoms. The van der Waals surface area contributed by atoms with Crippen molar-refractivity contribution in [2.45, 2.75) is 38.9 Å². The Hall–Kier alpha value is -3.22. The molecule has 1 aliphatic rings. The summed E-state index contributed by atoms with van der Waals surface area (Å²) in [5.74, 6) is 6.75. The molecule has 4 aromatic rings. The lowest BCUT2D eigenvalue weighted by Gasteiger charge is -2.31. The maximum atomic E-state index is 13.5. The van der Waals surface area contributed by atoms with E-state index in [9.17, 15) is 4.79 Å². The molecule has 8 nitrogen and oxygen atoms in total. The second-order valence-corrected chi connectivity index (χ2v) is 8.54. The van der Waals surface area contributed by atoms with Crippen LogP contribution in [0.5, 0.6) is 0 Å². The van der Waals surface area contributed by atoms with E-state index in [1.165, 1.54) is 16.2 Å². The predicted octanol–water partition coefficient (Wildman–Crippen LogP) is 2.20. The van der Waals surface area contributed by atoms with E-state index in [1.807, 2.05) is 28.8 Å². The number of hydrogen-bond acceptors (Lipinski definition) is 7. The lowest BCUT2D eigenvalue weighted by atomic mass is 10.1. The Bertz CT molecular complexity index is 1370. The van der Waals surface area contributed by atoms with Gasteiger partial charge in [0.1, 0.15) is 11.0 Å². The van der Waals surface area contributed by atoms with Crippen molar-refractivity contribution in [3.8, 4) is 11.8 Å². The molecule has 1 aliphatic heterocycles. The third kappa shape index (κ3) is 3.58. The van der Waals surface area contributed by atoms with Crippen LogP contribution in [-0.2, 0) is 13.1 Å². The zero-order valence-electron chi connectivity index (χ0n) is 17.3. The summed E-state index contributed by atoms with van der Waals surface area (Å²) >= 11 is 1.43. The van der Waals surface area contributed by atoms with Gasteiger partial charge in [0.05, 0.1) is 29.7 Å². The first kappa shape index (κ1) is 19.7. The first-order valence-electron chi connectivity index (χ1n) is 10.4. The quantitative estimate of drug-likeness (QED) is 0.496. The fourth-order valence-electron chi connectivity index (χ4n) is 4.12. The fraction of sp³-hybridized carbons (Fsp3) is 0.364. The van der Waals surface area contributed by atoms with Gasteiger partial charge in [-0.1, -0.05) is 24.1 Å². The molecule has 0 aliphatic carbocycles. The number of imidazole rings is 1. The lowest BCUT2D eigenvalue weighted by molar-refractivity contribution is 0.496. The van der Waals surface area contributed by atoms with Crippen LogP contribution in [-0.4, -0.2) is 42.8 Å². The second kappa shape index (κ2) is 8.13. The predicted molar refractivity (Wildman–Crippen MR) is 123 cm³/mol. The van der Waals surface area contributed by atoms with Crippen molar-refractivity contribution in [2.75, 3.05) is 18.0 Å². The van der Waals surface area contributed by atoms with Crippen molar-refractivity contribution in [2.24, 2.45) is 5.73 Å². The van der Waals surface area contributed by atoms with Gasteiger partial charge in [-0.05, 0) is 37.4 Å². The molecule has 0 radical (unpaired) electrons. The van der Waals surface area contributed by atoms with E-state index >= 15 is 0 Å². The molecule has 9 heteroatoms. The number of benzene rings is 1. The average Bonchev–Trinajstić information content (AvgIpc) is 3.36. The molecular formula is C22H23N7OS. The summed E-state index contributed by atoms with van der Waals surface area (Å²) in [5, 5.41) is 5.45. The summed E-state index contributed by atoms with van der Waals surface area (Å²) in [6, 6.07) is 8.13. The summed E-state index contributed by atoms with van der Waals surface area (Å²) in [7, 11) is 0. The highest BCUT2D eigenvalue weighted by molar-refractivity contribution is 7.13. The largest absolute Gasteiger partial charge is 0.341 e. The van der Waals surface area contributed by atoms with E-state index in [-0.39, 0.29) is 11.6 Å². The topological polar surface area (TPSA) is 94.9 Å². The number of rotatable bonds is 4. The van der Waals surface area contributed by atoms with Crippen molar-refractivity contribution < 1.29 is 0 Å². The van der Waals surface area contributed by atoms with Crippen LogP contribution in [0.1, 0.15) is 25.5 Å². The molecule has 1 saturated heterocycles. The van der Waals surface area contributed by atoms with E-state index in [0.717, 1.165) is 47.7 Å².